The van der Waals surface area contributed by atoms with Gasteiger partial charge in [-0.3, -0.25) is 4.40 Å². The number of hydrogen-bond acceptors (Lipinski definition) is 4. The Hall–Kier alpha value is -2.71. The molecule has 0 spiro atoms. The van der Waals surface area contributed by atoms with E-state index in [1.165, 1.54) is 0 Å². The van der Waals surface area contributed by atoms with Gasteiger partial charge in [0.15, 0.2) is 11.5 Å². The van der Waals surface area contributed by atoms with Gasteiger partial charge in [0.05, 0.1) is 18.2 Å². The molecule has 5 nitrogen and oxygen atoms in total. The van der Waals surface area contributed by atoms with Gasteiger partial charge in [-0.15, -0.1) is 10.2 Å². The molecule has 21 heavy (non-hydrogen) atoms. The van der Waals surface area contributed by atoms with Crippen LogP contribution in [-0.4, -0.2) is 14.6 Å². The van der Waals surface area contributed by atoms with Crippen LogP contribution in [0.1, 0.15) is 29.9 Å². The average molecular weight is 277 g/mol. The first-order chi connectivity index (χ1) is 10.3. The quantitative estimate of drug-likeness (QED) is 0.795. The first-order valence-electron chi connectivity index (χ1n) is 6.80. The number of benzene rings is 1. The zero-order valence-corrected chi connectivity index (χ0v) is 11.7. The molecule has 3 aromatic rings. The average Bonchev–Trinajstić information content (AvgIpc) is 2.96. The molecule has 0 saturated heterocycles. The number of aromatic nitrogens is 3. The minimum absolute atomic E-state index is 0.134. The van der Waals surface area contributed by atoms with Crippen molar-refractivity contribution in [2.75, 3.05) is 0 Å². The van der Waals surface area contributed by atoms with E-state index in [9.17, 15) is 0 Å². The summed E-state index contributed by atoms with van der Waals surface area (Å²) in [6.07, 6.45) is 1.95. The van der Waals surface area contributed by atoms with Crippen LogP contribution in [0, 0.1) is 11.3 Å². The number of nitrogens with zero attached hydrogens (tertiary/aromatic N) is 4. The van der Waals surface area contributed by atoms with Gasteiger partial charge >= 0.3 is 0 Å². The van der Waals surface area contributed by atoms with Crippen molar-refractivity contribution in [2.45, 2.75) is 19.5 Å². The number of nitrogens with one attached hydrogen (secondary N) is 1. The number of hydrogen-bond donors (Lipinski definition) is 1. The van der Waals surface area contributed by atoms with Crippen molar-refractivity contribution in [1.29, 1.82) is 5.26 Å². The number of rotatable bonds is 4. The second-order valence-electron chi connectivity index (χ2n) is 4.88. The fourth-order valence-electron chi connectivity index (χ4n) is 2.25. The molecule has 1 unspecified atom stereocenters. The van der Waals surface area contributed by atoms with Crippen LogP contribution in [0.15, 0.2) is 48.7 Å². The molecule has 0 fully saturated rings. The van der Waals surface area contributed by atoms with Crippen LogP contribution in [0.25, 0.3) is 5.65 Å². The van der Waals surface area contributed by atoms with E-state index in [4.69, 9.17) is 5.26 Å². The Kier molecular flexibility index (Phi) is 3.63. The third-order valence-corrected chi connectivity index (χ3v) is 3.47. The second kappa shape index (κ2) is 5.73. The lowest BCUT2D eigenvalue weighted by atomic mass is 10.1. The van der Waals surface area contributed by atoms with Crippen LogP contribution in [0.3, 0.4) is 0 Å². The molecule has 0 aliphatic rings. The summed E-state index contributed by atoms with van der Waals surface area (Å²) >= 11 is 0. The first-order valence-corrected chi connectivity index (χ1v) is 6.80. The predicted molar refractivity (Wildman–Crippen MR) is 79.4 cm³/mol. The van der Waals surface area contributed by atoms with Crippen LogP contribution < -0.4 is 5.32 Å². The Balaban J connectivity index is 1.73. The molecule has 3 rings (SSSR count). The minimum Gasteiger partial charge on any atom is -0.303 e. The Morgan fingerprint density at radius 3 is 3.00 bits per heavy atom. The highest BCUT2D eigenvalue weighted by atomic mass is 15.3. The van der Waals surface area contributed by atoms with Crippen molar-refractivity contribution in [2.24, 2.45) is 0 Å². The van der Waals surface area contributed by atoms with E-state index in [2.05, 4.69) is 28.5 Å². The van der Waals surface area contributed by atoms with Crippen molar-refractivity contribution in [3.05, 3.63) is 65.6 Å². The fourth-order valence-corrected chi connectivity index (χ4v) is 2.25. The predicted octanol–water partition coefficient (Wildman–Crippen LogP) is 2.45. The van der Waals surface area contributed by atoms with Crippen molar-refractivity contribution in [1.82, 2.24) is 19.9 Å². The van der Waals surface area contributed by atoms with Gasteiger partial charge in [-0.1, -0.05) is 18.2 Å². The molecule has 0 amide bonds. The van der Waals surface area contributed by atoms with Gasteiger partial charge < -0.3 is 5.32 Å². The van der Waals surface area contributed by atoms with E-state index < -0.39 is 0 Å². The van der Waals surface area contributed by atoms with Crippen molar-refractivity contribution < 1.29 is 0 Å². The van der Waals surface area contributed by atoms with Crippen molar-refractivity contribution >= 4 is 5.65 Å². The monoisotopic (exact) mass is 277 g/mol. The first kappa shape index (κ1) is 13.3. The third-order valence-electron chi connectivity index (χ3n) is 3.47. The molecule has 2 aromatic heterocycles. The number of pyridine rings is 1. The van der Waals surface area contributed by atoms with E-state index >= 15 is 0 Å². The van der Waals surface area contributed by atoms with E-state index in [0.717, 1.165) is 17.0 Å². The molecule has 0 bridgehead atoms. The van der Waals surface area contributed by atoms with E-state index in [-0.39, 0.29) is 6.04 Å². The van der Waals surface area contributed by atoms with Crippen LogP contribution in [0.5, 0.6) is 0 Å². The van der Waals surface area contributed by atoms with Crippen LogP contribution in [0.4, 0.5) is 0 Å². The molecule has 1 N–H and O–H groups in total. The molecule has 5 heteroatoms. The van der Waals surface area contributed by atoms with Crippen molar-refractivity contribution in [3.63, 3.8) is 0 Å². The van der Waals surface area contributed by atoms with Gasteiger partial charge in [0.2, 0.25) is 0 Å². The summed E-state index contributed by atoms with van der Waals surface area (Å²) in [6, 6.07) is 15.7. The van der Waals surface area contributed by atoms with E-state index in [1.54, 1.807) is 0 Å². The lowest BCUT2D eigenvalue weighted by molar-refractivity contribution is 0.556. The topological polar surface area (TPSA) is 66.0 Å². The highest BCUT2D eigenvalue weighted by Gasteiger charge is 2.09. The van der Waals surface area contributed by atoms with E-state index in [0.29, 0.717) is 12.1 Å². The highest BCUT2D eigenvalue weighted by Crippen LogP contribution is 2.14. The molecule has 0 saturated carbocycles. The summed E-state index contributed by atoms with van der Waals surface area (Å²) in [5.41, 5.74) is 2.60. The molecule has 1 atom stereocenters. The molecule has 0 aliphatic heterocycles. The van der Waals surface area contributed by atoms with Crippen LogP contribution >= 0.6 is 0 Å². The lowest BCUT2D eigenvalue weighted by Gasteiger charge is -2.13. The standard InChI is InChI=1S/C16H15N5/c1-12(14-6-4-5-13(9-14)10-17)18-11-16-20-19-15-7-2-3-8-21(15)16/h2-9,12,18H,11H2,1H3. The maximum Gasteiger partial charge on any atom is 0.160 e. The zero-order chi connectivity index (χ0) is 14.7. The Bertz CT molecular complexity index is 800. The normalized spacial score (nSPS) is 12.2. The third kappa shape index (κ3) is 2.76. The van der Waals surface area contributed by atoms with Gasteiger partial charge in [-0.2, -0.15) is 5.26 Å². The largest absolute Gasteiger partial charge is 0.303 e. The summed E-state index contributed by atoms with van der Waals surface area (Å²) in [4.78, 5) is 0. The van der Waals surface area contributed by atoms with Gasteiger partial charge in [-0.25, -0.2) is 0 Å². The molecule has 0 radical (unpaired) electrons. The Labute approximate surface area is 122 Å². The maximum absolute atomic E-state index is 8.95. The number of nitriles is 1. The SMILES string of the molecule is CC(NCc1nnc2ccccn12)c1cccc(C#N)c1. The van der Waals surface area contributed by atoms with Gasteiger partial charge in [0.1, 0.15) is 0 Å². The lowest BCUT2D eigenvalue weighted by Crippen LogP contribution is -2.19. The second-order valence-corrected chi connectivity index (χ2v) is 4.88. The number of fused-ring (bicyclic) bond motifs is 1. The molecule has 104 valence electrons. The molecular formula is C16H15N5. The molecule has 1 aromatic carbocycles. The minimum atomic E-state index is 0.134. The maximum atomic E-state index is 8.95. The Morgan fingerprint density at radius 1 is 1.24 bits per heavy atom. The fraction of sp³-hybridized carbons (Fsp3) is 0.188. The molecule has 0 aliphatic carbocycles. The van der Waals surface area contributed by atoms with Gasteiger partial charge in [-0.05, 0) is 36.8 Å². The summed E-state index contributed by atoms with van der Waals surface area (Å²) in [7, 11) is 0. The van der Waals surface area contributed by atoms with Crippen molar-refractivity contribution in [3.8, 4) is 6.07 Å². The zero-order valence-electron chi connectivity index (χ0n) is 11.7. The van der Waals surface area contributed by atoms with Gasteiger partial charge in [0, 0.05) is 12.2 Å². The Morgan fingerprint density at radius 2 is 2.14 bits per heavy atom. The summed E-state index contributed by atoms with van der Waals surface area (Å²) in [6.45, 7) is 2.68. The highest BCUT2D eigenvalue weighted by molar-refractivity contribution is 5.37. The summed E-state index contributed by atoms with van der Waals surface area (Å²) < 4.78 is 1.96. The smallest absolute Gasteiger partial charge is 0.160 e. The van der Waals surface area contributed by atoms with Gasteiger partial charge in [0.25, 0.3) is 0 Å². The summed E-state index contributed by atoms with van der Waals surface area (Å²) in [5.74, 6) is 0.869. The van der Waals surface area contributed by atoms with E-state index in [1.807, 2.05) is 53.1 Å². The molecule has 2 heterocycles. The van der Waals surface area contributed by atoms with Crippen LogP contribution in [0.2, 0.25) is 0 Å². The molecular weight excluding hydrogens is 262 g/mol. The van der Waals surface area contributed by atoms with Crippen LogP contribution in [-0.2, 0) is 6.54 Å². The summed E-state index contributed by atoms with van der Waals surface area (Å²) in [5, 5.41) is 20.7.